The Morgan fingerprint density at radius 2 is 1.89 bits per heavy atom. The summed E-state index contributed by atoms with van der Waals surface area (Å²) in [7, 11) is 0. The number of hydrogen-bond acceptors (Lipinski definition) is 2. The fourth-order valence-electron chi connectivity index (χ4n) is 1.84. The van der Waals surface area contributed by atoms with Crippen molar-refractivity contribution in [2.75, 3.05) is 12.3 Å². The zero-order chi connectivity index (χ0) is 13.6. The van der Waals surface area contributed by atoms with Crippen LogP contribution in [-0.4, -0.2) is 6.61 Å². The third-order valence-corrected chi connectivity index (χ3v) is 3.68. The lowest BCUT2D eigenvalue weighted by molar-refractivity contribution is 0.307. The van der Waals surface area contributed by atoms with Gasteiger partial charge in [-0.15, -0.1) is 0 Å². The Balaban J connectivity index is 2.68. The Hall–Kier alpha value is -1.18. The molecule has 2 nitrogen and oxygen atoms in total. The SMILES string of the molecule is CCCCCOc1ccc(C(C)(C)CC)cc1N. The summed E-state index contributed by atoms with van der Waals surface area (Å²) in [6.07, 6.45) is 4.62. The average molecular weight is 249 g/mol. The van der Waals surface area contributed by atoms with E-state index in [1.54, 1.807) is 0 Å². The average Bonchev–Trinajstić information content (AvgIpc) is 2.36. The second kappa shape index (κ2) is 6.67. The van der Waals surface area contributed by atoms with Gasteiger partial charge in [-0.3, -0.25) is 0 Å². The zero-order valence-electron chi connectivity index (χ0n) is 12.3. The second-order valence-electron chi connectivity index (χ2n) is 5.55. The Bertz CT molecular complexity index is 371. The van der Waals surface area contributed by atoms with E-state index in [1.807, 2.05) is 6.07 Å². The van der Waals surface area contributed by atoms with Crippen LogP contribution in [0, 0.1) is 0 Å². The molecule has 1 aromatic rings. The van der Waals surface area contributed by atoms with Crippen molar-refractivity contribution in [3.63, 3.8) is 0 Å². The van der Waals surface area contributed by atoms with Gasteiger partial charge in [-0.25, -0.2) is 0 Å². The van der Waals surface area contributed by atoms with Crippen LogP contribution in [0.5, 0.6) is 5.75 Å². The van der Waals surface area contributed by atoms with Crippen LogP contribution in [0.2, 0.25) is 0 Å². The molecule has 0 atom stereocenters. The van der Waals surface area contributed by atoms with Gasteiger partial charge < -0.3 is 10.5 Å². The minimum atomic E-state index is 0.175. The molecule has 0 spiro atoms. The molecule has 0 unspecified atom stereocenters. The Labute approximate surface area is 112 Å². The Morgan fingerprint density at radius 1 is 1.17 bits per heavy atom. The van der Waals surface area contributed by atoms with E-state index in [0.717, 1.165) is 30.9 Å². The van der Waals surface area contributed by atoms with Gasteiger partial charge in [-0.1, -0.05) is 46.6 Å². The number of rotatable bonds is 7. The molecule has 0 bridgehead atoms. The lowest BCUT2D eigenvalue weighted by Gasteiger charge is -2.24. The van der Waals surface area contributed by atoms with E-state index in [0.29, 0.717) is 0 Å². The van der Waals surface area contributed by atoms with E-state index in [4.69, 9.17) is 10.5 Å². The lowest BCUT2D eigenvalue weighted by Crippen LogP contribution is -2.15. The van der Waals surface area contributed by atoms with Crippen LogP contribution in [0.25, 0.3) is 0 Å². The van der Waals surface area contributed by atoms with E-state index in [2.05, 4.69) is 39.8 Å². The number of ether oxygens (including phenoxy) is 1. The summed E-state index contributed by atoms with van der Waals surface area (Å²) >= 11 is 0. The maximum atomic E-state index is 6.06. The molecule has 0 radical (unpaired) electrons. The first-order chi connectivity index (χ1) is 8.51. The van der Waals surface area contributed by atoms with Crippen LogP contribution < -0.4 is 10.5 Å². The van der Waals surface area contributed by atoms with Gasteiger partial charge in [-0.05, 0) is 36.0 Å². The van der Waals surface area contributed by atoms with Crippen LogP contribution in [0.4, 0.5) is 5.69 Å². The molecule has 0 saturated heterocycles. The van der Waals surface area contributed by atoms with Crippen molar-refractivity contribution in [3.05, 3.63) is 23.8 Å². The summed E-state index contributed by atoms with van der Waals surface area (Å²) in [6.45, 7) is 9.63. The van der Waals surface area contributed by atoms with Gasteiger partial charge in [0.1, 0.15) is 5.75 Å². The molecule has 0 fully saturated rings. The fourth-order valence-corrected chi connectivity index (χ4v) is 1.84. The monoisotopic (exact) mass is 249 g/mol. The minimum Gasteiger partial charge on any atom is -0.491 e. The van der Waals surface area contributed by atoms with Crippen LogP contribution in [0.15, 0.2) is 18.2 Å². The Kier molecular flexibility index (Phi) is 5.52. The first kappa shape index (κ1) is 14.9. The molecule has 0 aliphatic heterocycles. The molecular weight excluding hydrogens is 222 g/mol. The highest BCUT2D eigenvalue weighted by Gasteiger charge is 2.18. The topological polar surface area (TPSA) is 35.2 Å². The van der Waals surface area contributed by atoms with Crippen molar-refractivity contribution in [3.8, 4) is 5.75 Å². The smallest absolute Gasteiger partial charge is 0.142 e. The van der Waals surface area contributed by atoms with E-state index >= 15 is 0 Å². The van der Waals surface area contributed by atoms with Gasteiger partial charge in [0.05, 0.1) is 12.3 Å². The largest absolute Gasteiger partial charge is 0.491 e. The minimum absolute atomic E-state index is 0.175. The summed E-state index contributed by atoms with van der Waals surface area (Å²) in [5.41, 5.74) is 8.27. The molecule has 102 valence electrons. The maximum absolute atomic E-state index is 6.06. The quantitative estimate of drug-likeness (QED) is 0.569. The van der Waals surface area contributed by atoms with Crippen molar-refractivity contribution in [2.24, 2.45) is 0 Å². The first-order valence-corrected chi connectivity index (χ1v) is 7.04. The van der Waals surface area contributed by atoms with Crippen LogP contribution >= 0.6 is 0 Å². The molecule has 0 amide bonds. The Morgan fingerprint density at radius 3 is 2.44 bits per heavy atom. The molecule has 1 aromatic carbocycles. The molecule has 1 rings (SSSR count). The highest BCUT2D eigenvalue weighted by Crippen LogP contribution is 2.32. The van der Waals surface area contributed by atoms with Crippen molar-refractivity contribution in [2.45, 2.75) is 58.8 Å². The fraction of sp³-hybridized carbons (Fsp3) is 0.625. The van der Waals surface area contributed by atoms with Crippen LogP contribution in [0.1, 0.15) is 58.9 Å². The standard InChI is InChI=1S/C16H27NO/c1-5-7-8-11-18-15-10-9-13(12-14(15)17)16(3,4)6-2/h9-10,12H,5-8,11,17H2,1-4H3. The van der Waals surface area contributed by atoms with Crippen molar-refractivity contribution in [1.29, 1.82) is 0 Å². The highest BCUT2D eigenvalue weighted by atomic mass is 16.5. The molecule has 0 aliphatic rings. The predicted octanol–water partition coefficient (Wildman–Crippen LogP) is 4.53. The van der Waals surface area contributed by atoms with Crippen LogP contribution in [0.3, 0.4) is 0 Å². The number of benzene rings is 1. The molecule has 0 aliphatic carbocycles. The summed E-state index contributed by atoms with van der Waals surface area (Å²) < 4.78 is 5.72. The highest BCUT2D eigenvalue weighted by molar-refractivity contribution is 5.55. The lowest BCUT2D eigenvalue weighted by atomic mass is 9.82. The molecule has 2 N–H and O–H groups in total. The number of nitrogens with two attached hydrogens (primary N) is 1. The van der Waals surface area contributed by atoms with E-state index in [1.165, 1.54) is 18.4 Å². The maximum Gasteiger partial charge on any atom is 0.142 e. The molecule has 0 saturated carbocycles. The molecule has 2 heteroatoms. The van der Waals surface area contributed by atoms with Gasteiger partial charge in [0, 0.05) is 0 Å². The molecule has 0 aromatic heterocycles. The third kappa shape index (κ3) is 3.94. The van der Waals surface area contributed by atoms with E-state index in [-0.39, 0.29) is 5.41 Å². The molecule has 0 heterocycles. The number of nitrogen functional groups attached to an aromatic ring is 1. The third-order valence-electron chi connectivity index (χ3n) is 3.68. The van der Waals surface area contributed by atoms with Crippen molar-refractivity contribution >= 4 is 5.69 Å². The molecule has 18 heavy (non-hydrogen) atoms. The summed E-state index contributed by atoms with van der Waals surface area (Å²) in [5, 5.41) is 0. The van der Waals surface area contributed by atoms with Gasteiger partial charge in [0.2, 0.25) is 0 Å². The molecular formula is C16H27NO. The summed E-state index contributed by atoms with van der Waals surface area (Å²) in [5.74, 6) is 0.821. The van der Waals surface area contributed by atoms with E-state index in [9.17, 15) is 0 Å². The zero-order valence-corrected chi connectivity index (χ0v) is 12.3. The normalized spacial score (nSPS) is 11.6. The van der Waals surface area contributed by atoms with Gasteiger partial charge in [0.25, 0.3) is 0 Å². The van der Waals surface area contributed by atoms with Gasteiger partial charge in [-0.2, -0.15) is 0 Å². The second-order valence-corrected chi connectivity index (χ2v) is 5.55. The van der Waals surface area contributed by atoms with Gasteiger partial charge in [0.15, 0.2) is 0 Å². The number of unbranched alkanes of at least 4 members (excludes halogenated alkanes) is 2. The first-order valence-electron chi connectivity index (χ1n) is 7.04. The van der Waals surface area contributed by atoms with Crippen molar-refractivity contribution < 1.29 is 4.74 Å². The van der Waals surface area contributed by atoms with Gasteiger partial charge >= 0.3 is 0 Å². The van der Waals surface area contributed by atoms with Crippen LogP contribution in [-0.2, 0) is 5.41 Å². The number of anilines is 1. The van der Waals surface area contributed by atoms with E-state index < -0.39 is 0 Å². The predicted molar refractivity (Wildman–Crippen MR) is 79.2 cm³/mol. The summed E-state index contributed by atoms with van der Waals surface area (Å²) in [4.78, 5) is 0. The number of hydrogen-bond donors (Lipinski definition) is 1. The summed E-state index contributed by atoms with van der Waals surface area (Å²) in [6, 6.07) is 6.20. The van der Waals surface area contributed by atoms with Crippen molar-refractivity contribution in [1.82, 2.24) is 0 Å².